The van der Waals surface area contributed by atoms with Crippen LogP contribution in [0.5, 0.6) is 0 Å². The zero-order valence-electron chi connectivity index (χ0n) is 21.8. The van der Waals surface area contributed by atoms with Crippen molar-refractivity contribution in [1.82, 2.24) is 4.90 Å². The molecular weight excluding hydrogens is 508 g/mol. The molecule has 1 aliphatic rings. The van der Waals surface area contributed by atoms with Gasteiger partial charge in [-0.3, -0.25) is 9.59 Å². The van der Waals surface area contributed by atoms with Gasteiger partial charge in [0.15, 0.2) is 0 Å². The summed E-state index contributed by atoms with van der Waals surface area (Å²) < 4.78 is 0. The number of fused-ring (bicyclic) bond motifs is 1. The Morgan fingerprint density at radius 3 is 2.10 bits per heavy atom. The van der Waals surface area contributed by atoms with Gasteiger partial charge in [0.1, 0.15) is 0 Å². The second kappa shape index (κ2) is 11.6. The Hall–Kier alpha value is -4.39. The largest absolute Gasteiger partial charge is 0.354 e. The Kier molecular flexibility index (Phi) is 7.77. The molecule has 0 saturated carbocycles. The molecule has 4 aromatic carbocycles. The van der Waals surface area contributed by atoms with Crippen LogP contribution in [0.2, 0.25) is 5.02 Å². The van der Waals surface area contributed by atoms with Crippen molar-refractivity contribution < 1.29 is 9.59 Å². The molecule has 4 aromatic rings. The summed E-state index contributed by atoms with van der Waals surface area (Å²) in [6.07, 6.45) is 0. The van der Waals surface area contributed by atoms with Gasteiger partial charge >= 0.3 is 0 Å². The van der Waals surface area contributed by atoms with E-state index < -0.39 is 0 Å². The maximum atomic E-state index is 13.4. The molecule has 0 radical (unpaired) electrons. The fourth-order valence-corrected chi connectivity index (χ4v) is 4.70. The number of halogens is 1. The summed E-state index contributed by atoms with van der Waals surface area (Å²) in [6.45, 7) is 1.27. The SMILES string of the molecule is CN(C)CCN(C(=O)c1ccccc1)c1ccc(NC(=C2C(=O)Nc3cc(Cl)ccc32)c2ccccc2)cc1. The van der Waals surface area contributed by atoms with Crippen LogP contribution in [0.4, 0.5) is 17.1 Å². The summed E-state index contributed by atoms with van der Waals surface area (Å²) in [7, 11) is 3.98. The molecule has 0 aliphatic carbocycles. The molecule has 39 heavy (non-hydrogen) atoms. The predicted molar refractivity (Wildman–Crippen MR) is 160 cm³/mol. The van der Waals surface area contributed by atoms with E-state index in [-0.39, 0.29) is 11.8 Å². The summed E-state index contributed by atoms with van der Waals surface area (Å²) in [5.41, 5.74) is 5.81. The Balaban J connectivity index is 1.49. The van der Waals surface area contributed by atoms with Crippen LogP contribution in [-0.4, -0.2) is 43.9 Å². The van der Waals surface area contributed by atoms with Crippen molar-refractivity contribution in [1.29, 1.82) is 0 Å². The van der Waals surface area contributed by atoms with Crippen molar-refractivity contribution in [2.75, 3.05) is 42.7 Å². The third-order valence-corrected chi connectivity index (χ3v) is 6.76. The number of nitrogens with zero attached hydrogens (tertiary/aromatic N) is 2. The molecule has 7 heteroatoms. The predicted octanol–water partition coefficient (Wildman–Crippen LogP) is 6.48. The molecule has 196 valence electrons. The van der Waals surface area contributed by atoms with Gasteiger partial charge in [-0.2, -0.15) is 0 Å². The van der Waals surface area contributed by atoms with E-state index in [0.717, 1.165) is 29.0 Å². The number of carbonyl (C=O) groups is 2. The Morgan fingerprint density at radius 2 is 1.46 bits per heavy atom. The Labute approximate surface area is 233 Å². The van der Waals surface area contributed by atoms with Gasteiger partial charge in [-0.25, -0.2) is 0 Å². The molecular formula is C32H29ClN4O2. The van der Waals surface area contributed by atoms with Crippen LogP contribution in [-0.2, 0) is 4.79 Å². The van der Waals surface area contributed by atoms with Crippen LogP contribution in [0.1, 0.15) is 21.5 Å². The van der Waals surface area contributed by atoms with Gasteiger partial charge < -0.3 is 20.4 Å². The van der Waals surface area contributed by atoms with Crippen LogP contribution < -0.4 is 15.5 Å². The minimum atomic E-state index is -0.196. The Bertz CT molecular complexity index is 1520. The van der Waals surface area contributed by atoms with Gasteiger partial charge in [-0.15, -0.1) is 0 Å². The van der Waals surface area contributed by atoms with E-state index in [9.17, 15) is 9.59 Å². The quantitative estimate of drug-likeness (QED) is 0.253. The first-order valence-electron chi connectivity index (χ1n) is 12.7. The molecule has 0 bridgehead atoms. The van der Waals surface area contributed by atoms with Crippen LogP contribution >= 0.6 is 11.6 Å². The van der Waals surface area contributed by atoms with Crippen LogP contribution in [0.25, 0.3) is 11.3 Å². The minimum Gasteiger partial charge on any atom is -0.354 e. The van der Waals surface area contributed by atoms with E-state index in [2.05, 4.69) is 15.5 Å². The van der Waals surface area contributed by atoms with Crippen molar-refractivity contribution in [2.45, 2.75) is 0 Å². The van der Waals surface area contributed by atoms with Gasteiger partial charge in [0.05, 0.1) is 17.0 Å². The highest BCUT2D eigenvalue weighted by Crippen LogP contribution is 2.39. The molecule has 0 unspecified atom stereocenters. The molecule has 5 rings (SSSR count). The van der Waals surface area contributed by atoms with Crippen molar-refractivity contribution in [3.05, 3.63) is 125 Å². The molecule has 6 nitrogen and oxygen atoms in total. The lowest BCUT2D eigenvalue weighted by atomic mass is 10.00. The lowest BCUT2D eigenvalue weighted by Crippen LogP contribution is -2.36. The molecule has 1 heterocycles. The number of amides is 2. The maximum Gasteiger partial charge on any atom is 0.258 e. The summed E-state index contributed by atoms with van der Waals surface area (Å²) in [6, 6.07) is 32.1. The van der Waals surface area contributed by atoms with E-state index >= 15 is 0 Å². The Morgan fingerprint density at radius 1 is 0.821 bits per heavy atom. The highest BCUT2D eigenvalue weighted by molar-refractivity contribution is 6.38. The first-order valence-corrected chi connectivity index (χ1v) is 13.1. The topological polar surface area (TPSA) is 64.7 Å². The van der Waals surface area contributed by atoms with Gasteiger partial charge in [0.25, 0.3) is 11.8 Å². The van der Waals surface area contributed by atoms with E-state index in [1.807, 2.05) is 105 Å². The van der Waals surface area contributed by atoms with Crippen molar-refractivity contribution >= 4 is 51.7 Å². The molecule has 0 spiro atoms. The summed E-state index contributed by atoms with van der Waals surface area (Å²) in [5, 5.41) is 6.96. The molecule has 0 aromatic heterocycles. The fraction of sp³-hybridized carbons (Fsp3) is 0.125. The van der Waals surface area contributed by atoms with E-state index in [1.54, 1.807) is 17.0 Å². The highest BCUT2D eigenvalue weighted by Gasteiger charge is 2.28. The standard InChI is InChI=1S/C32H29ClN4O2/c1-36(2)19-20-37(32(39)23-11-7-4-8-12-23)26-16-14-25(15-17-26)34-30(22-9-5-3-6-10-22)29-27-18-13-24(33)21-28(27)35-31(29)38/h3-18,21,34H,19-20H2,1-2H3,(H,35,38). The summed E-state index contributed by atoms with van der Waals surface area (Å²) in [4.78, 5) is 30.4. The van der Waals surface area contributed by atoms with Crippen LogP contribution in [0, 0.1) is 0 Å². The minimum absolute atomic E-state index is 0.0526. The fourth-order valence-electron chi connectivity index (χ4n) is 4.53. The number of hydrogen-bond donors (Lipinski definition) is 2. The summed E-state index contributed by atoms with van der Waals surface area (Å²) >= 11 is 6.17. The van der Waals surface area contributed by atoms with Crippen molar-refractivity contribution in [3.63, 3.8) is 0 Å². The molecule has 0 atom stereocenters. The highest BCUT2D eigenvalue weighted by atomic mass is 35.5. The smallest absolute Gasteiger partial charge is 0.258 e. The number of anilines is 3. The van der Waals surface area contributed by atoms with Gasteiger partial charge in [-0.1, -0.05) is 66.2 Å². The van der Waals surface area contributed by atoms with Gasteiger partial charge in [0.2, 0.25) is 0 Å². The molecule has 2 N–H and O–H groups in total. The molecule has 1 aliphatic heterocycles. The first-order chi connectivity index (χ1) is 18.9. The number of nitrogens with one attached hydrogen (secondary N) is 2. The number of rotatable bonds is 8. The second-order valence-electron chi connectivity index (χ2n) is 9.56. The van der Waals surface area contributed by atoms with E-state index in [1.165, 1.54) is 0 Å². The number of carbonyl (C=O) groups excluding carboxylic acids is 2. The van der Waals surface area contributed by atoms with E-state index in [0.29, 0.717) is 34.1 Å². The number of likely N-dealkylation sites (N-methyl/N-ethyl adjacent to an activating group) is 1. The lowest BCUT2D eigenvalue weighted by Gasteiger charge is -2.25. The molecule has 2 amide bonds. The average Bonchev–Trinajstić information content (AvgIpc) is 3.27. The third-order valence-electron chi connectivity index (χ3n) is 6.52. The van der Waals surface area contributed by atoms with E-state index in [4.69, 9.17) is 11.6 Å². The number of benzene rings is 4. The first kappa shape index (κ1) is 26.2. The maximum absolute atomic E-state index is 13.4. The third kappa shape index (κ3) is 5.87. The monoisotopic (exact) mass is 536 g/mol. The zero-order chi connectivity index (χ0) is 27.4. The second-order valence-corrected chi connectivity index (χ2v) is 9.99. The zero-order valence-corrected chi connectivity index (χ0v) is 22.6. The number of hydrogen-bond acceptors (Lipinski definition) is 4. The van der Waals surface area contributed by atoms with Crippen LogP contribution in [0.3, 0.4) is 0 Å². The normalized spacial score (nSPS) is 13.6. The summed E-state index contributed by atoms with van der Waals surface area (Å²) in [5.74, 6) is -0.248. The molecule has 0 saturated heterocycles. The van der Waals surface area contributed by atoms with Crippen molar-refractivity contribution in [2.24, 2.45) is 0 Å². The lowest BCUT2D eigenvalue weighted by molar-refractivity contribution is -0.110. The van der Waals surface area contributed by atoms with Crippen LogP contribution in [0.15, 0.2) is 103 Å². The van der Waals surface area contributed by atoms with Crippen molar-refractivity contribution in [3.8, 4) is 0 Å². The van der Waals surface area contributed by atoms with Gasteiger partial charge in [0, 0.05) is 40.6 Å². The van der Waals surface area contributed by atoms with Gasteiger partial charge in [-0.05, 0) is 68.2 Å². The average molecular weight is 537 g/mol. The molecule has 0 fully saturated rings.